The van der Waals surface area contributed by atoms with Crippen LogP contribution in [0.4, 0.5) is 0 Å². The maximum absolute atomic E-state index is 12.4. The van der Waals surface area contributed by atoms with Crippen LogP contribution >= 0.6 is 0 Å². The first-order valence-electron chi connectivity index (χ1n) is 30.2. The summed E-state index contributed by atoms with van der Waals surface area (Å²) in [6.07, 6.45) is 71.6. The Kier molecular flexibility index (Phi) is 56.0. The number of unbranched alkanes of at least 4 members (excludes halogenated alkanes) is 39. The molecule has 400 valence electrons. The van der Waals surface area contributed by atoms with Gasteiger partial charge in [-0.25, -0.2) is 0 Å². The molecule has 0 aliphatic rings. The summed E-state index contributed by atoms with van der Waals surface area (Å²) in [4.78, 5) is 24.5. The van der Waals surface area contributed by atoms with Crippen LogP contribution in [-0.2, 0) is 14.3 Å². The summed E-state index contributed by atoms with van der Waals surface area (Å²) in [6, 6.07) is -0.540. The van der Waals surface area contributed by atoms with Gasteiger partial charge in [-0.05, 0) is 77.0 Å². The minimum Gasteiger partial charge on any atom is -0.466 e. The van der Waals surface area contributed by atoms with Gasteiger partial charge in [0.25, 0.3) is 0 Å². The Morgan fingerprint density at radius 1 is 0.412 bits per heavy atom. The quantitative estimate of drug-likeness (QED) is 0.0321. The second kappa shape index (κ2) is 57.7. The lowest BCUT2D eigenvalue weighted by Gasteiger charge is -2.22. The summed E-state index contributed by atoms with van der Waals surface area (Å²) in [6.45, 7) is 4.90. The second-order valence-corrected chi connectivity index (χ2v) is 20.7. The summed E-state index contributed by atoms with van der Waals surface area (Å²) in [5.41, 5.74) is 0. The van der Waals surface area contributed by atoms with Crippen LogP contribution in [-0.4, -0.2) is 47.4 Å². The average molecular weight is 957 g/mol. The van der Waals surface area contributed by atoms with Gasteiger partial charge in [0.05, 0.1) is 25.4 Å². The fraction of sp³-hybridized carbons (Fsp3) is 0.871. The zero-order valence-electron chi connectivity index (χ0n) is 45.6. The third-order valence-corrected chi connectivity index (χ3v) is 13.9. The monoisotopic (exact) mass is 956 g/mol. The van der Waals surface area contributed by atoms with Gasteiger partial charge in [-0.2, -0.15) is 0 Å². The van der Waals surface area contributed by atoms with Crippen LogP contribution in [0.3, 0.4) is 0 Å². The zero-order chi connectivity index (χ0) is 49.3. The molecule has 0 aliphatic heterocycles. The molecule has 1 amide bonds. The number of esters is 1. The number of rotatable bonds is 56. The van der Waals surface area contributed by atoms with E-state index in [-0.39, 0.29) is 18.5 Å². The molecule has 0 aliphatic carbocycles. The van der Waals surface area contributed by atoms with Gasteiger partial charge >= 0.3 is 5.97 Å². The van der Waals surface area contributed by atoms with Crippen molar-refractivity contribution < 1.29 is 24.5 Å². The molecule has 0 aromatic carbocycles. The Labute approximate surface area is 424 Å². The van der Waals surface area contributed by atoms with Crippen molar-refractivity contribution in [2.24, 2.45) is 0 Å². The predicted octanol–water partition coefficient (Wildman–Crippen LogP) is 18.8. The molecule has 0 fully saturated rings. The van der Waals surface area contributed by atoms with Crippen molar-refractivity contribution in [2.45, 2.75) is 334 Å². The molecule has 0 radical (unpaired) electrons. The molecule has 0 saturated carbocycles. The van der Waals surface area contributed by atoms with Gasteiger partial charge in [-0.3, -0.25) is 9.59 Å². The summed E-state index contributed by atoms with van der Waals surface area (Å²) in [5.74, 6) is -0.0370. The summed E-state index contributed by atoms with van der Waals surface area (Å²) in [7, 11) is 0. The van der Waals surface area contributed by atoms with Gasteiger partial charge in [0.1, 0.15) is 0 Å². The molecule has 0 rings (SSSR count). The smallest absolute Gasteiger partial charge is 0.305 e. The lowest BCUT2D eigenvalue weighted by atomic mass is 10.0. The standard InChI is InChI=1S/C62H117NO5/c1-3-5-7-9-11-13-15-16-33-36-40-44-48-52-56-62(67)68-57-53-49-45-41-37-34-31-29-27-25-23-21-19-17-18-20-22-24-26-28-30-32-35-39-43-47-51-55-61(66)63-59(58-64)60(65)54-50-46-42-38-14-12-10-8-6-4-2/h9,11,15-18,59-60,64-65H,3-8,10,12-14,19-58H2,1-2H3,(H,63,66)/b11-9-,16-15-,18-17-. The van der Waals surface area contributed by atoms with Crippen molar-refractivity contribution in [1.29, 1.82) is 0 Å². The number of allylic oxidation sites excluding steroid dienone is 6. The number of hydrogen-bond acceptors (Lipinski definition) is 5. The summed E-state index contributed by atoms with van der Waals surface area (Å²) >= 11 is 0. The van der Waals surface area contributed by atoms with Gasteiger partial charge in [0.15, 0.2) is 0 Å². The van der Waals surface area contributed by atoms with Crippen LogP contribution < -0.4 is 5.32 Å². The van der Waals surface area contributed by atoms with E-state index in [0.717, 1.165) is 51.4 Å². The van der Waals surface area contributed by atoms with E-state index in [1.54, 1.807) is 0 Å². The number of hydrogen-bond donors (Lipinski definition) is 3. The van der Waals surface area contributed by atoms with Crippen LogP contribution in [0.5, 0.6) is 0 Å². The van der Waals surface area contributed by atoms with E-state index in [2.05, 4.69) is 55.6 Å². The number of aliphatic hydroxyl groups excluding tert-OH is 2. The van der Waals surface area contributed by atoms with Crippen molar-refractivity contribution >= 4 is 11.9 Å². The minimum absolute atomic E-state index is 0.000199. The zero-order valence-corrected chi connectivity index (χ0v) is 45.6. The number of ether oxygens (including phenoxy) is 1. The normalized spacial score (nSPS) is 12.8. The van der Waals surface area contributed by atoms with Gasteiger partial charge in [-0.15, -0.1) is 0 Å². The molecule has 0 aromatic heterocycles. The number of carbonyl (C=O) groups excluding carboxylic acids is 2. The van der Waals surface area contributed by atoms with Crippen molar-refractivity contribution in [1.82, 2.24) is 5.32 Å². The molecular formula is C62H117NO5. The fourth-order valence-electron chi connectivity index (χ4n) is 9.24. The van der Waals surface area contributed by atoms with E-state index in [1.807, 2.05) is 0 Å². The number of nitrogens with one attached hydrogen (secondary N) is 1. The first-order chi connectivity index (χ1) is 33.5. The van der Waals surface area contributed by atoms with Gasteiger partial charge in [-0.1, -0.05) is 269 Å². The minimum atomic E-state index is -0.663. The topological polar surface area (TPSA) is 95.9 Å². The van der Waals surface area contributed by atoms with Crippen molar-refractivity contribution in [3.8, 4) is 0 Å². The first kappa shape index (κ1) is 66.1. The lowest BCUT2D eigenvalue weighted by Crippen LogP contribution is -2.45. The van der Waals surface area contributed by atoms with Crippen LogP contribution in [0, 0.1) is 0 Å². The molecule has 6 heteroatoms. The SMILES string of the molecule is CCCC/C=C\C/C=C\CCCCCCCC(=O)OCCCCCCCCCCCCCC/C=C\CCCCCCCCCCCCCC(=O)NC(CO)C(O)CCCCCCCCCCCC. The Morgan fingerprint density at radius 2 is 0.750 bits per heavy atom. The van der Waals surface area contributed by atoms with E-state index in [9.17, 15) is 19.8 Å². The van der Waals surface area contributed by atoms with Gasteiger partial charge < -0.3 is 20.3 Å². The Balaban J connectivity index is 3.37. The Morgan fingerprint density at radius 3 is 1.18 bits per heavy atom. The molecule has 6 nitrogen and oxygen atoms in total. The summed E-state index contributed by atoms with van der Waals surface area (Å²) in [5, 5.41) is 23.1. The van der Waals surface area contributed by atoms with Crippen molar-refractivity contribution in [2.75, 3.05) is 13.2 Å². The number of aliphatic hydroxyl groups is 2. The highest BCUT2D eigenvalue weighted by Crippen LogP contribution is 2.17. The van der Waals surface area contributed by atoms with Crippen LogP contribution in [0.2, 0.25) is 0 Å². The van der Waals surface area contributed by atoms with E-state index >= 15 is 0 Å². The van der Waals surface area contributed by atoms with E-state index in [0.29, 0.717) is 25.9 Å². The van der Waals surface area contributed by atoms with E-state index < -0.39 is 12.1 Å². The number of amides is 1. The first-order valence-corrected chi connectivity index (χ1v) is 30.2. The van der Waals surface area contributed by atoms with Gasteiger partial charge in [0, 0.05) is 12.8 Å². The second-order valence-electron chi connectivity index (χ2n) is 20.7. The van der Waals surface area contributed by atoms with Crippen LogP contribution in [0.15, 0.2) is 36.5 Å². The third-order valence-electron chi connectivity index (χ3n) is 13.9. The molecule has 3 N–H and O–H groups in total. The lowest BCUT2D eigenvalue weighted by molar-refractivity contribution is -0.143. The molecule has 0 bridgehead atoms. The molecular weight excluding hydrogens is 839 g/mol. The highest BCUT2D eigenvalue weighted by atomic mass is 16.5. The van der Waals surface area contributed by atoms with Crippen LogP contribution in [0.25, 0.3) is 0 Å². The Bertz CT molecular complexity index is 1100. The molecule has 2 atom stereocenters. The molecule has 0 aromatic rings. The van der Waals surface area contributed by atoms with Crippen molar-refractivity contribution in [3.63, 3.8) is 0 Å². The van der Waals surface area contributed by atoms with E-state index in [4.69, 9.17) is 4.74 Å². The predicted molar refractivity (Wildman–Crippen MR) is 296 cm³/mol. The number of carbonyl (C=O) groups is 2. The molecule has 2 unspecified atom stereocenters. The molecule has 68 heavy (non-hydrogen) atoms. The van der Waals surface area contributed by atoms with Crippen LogP contribution in [0.1, 0.15) is 322 Å². The fourth-order valence-corrected chi connectivity index (χ4v) is 9.24. The Hall–Kier alpha value is -1.92. The molecule has 0 saturated heterocycles. The average Bonchev–Trinajstić information content (AvgIpc) is 3.34. The highest BCUT2D eigenvalue weighted by Gasteiger charge is 2.20. The maximum Gasteiger partial charge on any atom is 0.305 e. The maximum atomic E-state index is 12.4. The molecule has 0 heterocycles. The largest absolute Gasteiger partial charge is 0.466 e. The van der Waals surface area contributed by atoms with Crippen molar-refractivity contribution in [3.05, 3.63) is 36.5 Å². The van der Waals surface area contributed by atoms with Gasteiger partial charge in [0.2, 0.25) is 5.91 Å². The molecule has 0 spiro atoms. The highest BCUT2D eigenvalue weighted by molar-refractivity contribution is 5.76. The third kappa shape index (κ3) is 53.4. The summed E-state index contributed by atoms with van der Waals surface area (Å²) < 4.78 is 5.47. The van der Waals surface area contributed by atoms with E-state index in [1.165, 1.54) is 238 Å².